The first-order chi connectivity index (χ1) is 15.1. The van der Waals surface area contributed by atoms with Gasteiger partial charge in [-0.15, -0.1) is 0 Å². The lowest BCUT2D eigenvalue weighted by molar-refractivity contribution is -0.114. The van der Waals surface area contributed by atoms with Crippen molar-refractivity contribution in [1.29, 1.82) is 0 Å². The number of hydrogen-bond acceptors (Lipinski definition) is 4. The SMILES string of the molecule is C=CCOc1c(/C=C2\C(=O)N(c3c(F)c(F)c(F)c(F)c3F)N=C2C)cc(I)cc1OC. The summed E-state index contributed by atoms with van der Waals surface area (Å²) in [6.45, 7) is 5.03. The van der Waals surface area contributed by atoms with Crippen molar-refractivity contribution in [3.05, 3.63) is 68.6 Å². The van der Waals surface area contributed by atoms with Crippen LogP contribution in [0.1, 0.15) is 12.5 Å². The summed E-state index contributed by atoms with van der Waals surface area (Å²) in [4.78, 5) is 12.9. The van der Waals surface area contributed by atoms with E-state index < -0.39 is 40.7 Å². The Bertz CT molecular complexity index is 1170. The van der Waals surface area contributed by atoms with Gasteiger partial charge in [-0.3, -0.25) is 4.79 Å². The fraction of sp³-hybridized carbons (Fsp3) is 0.143. The van der Waals surface area contributed by atoms with Crippen molar-refractivity contribution in [3.8, 4) is 11.5 Å². The second-order valence-corrected chi connectivity index (χ2v) is 7.65. The van der Waals surface area contributed by atoms with Gasteiger partial charge < -0.3 is 9.47 Å². The van der Waals surface area contributed by atoms with Crippen LogP contribution < -0.4 is 14.5 Å². The van der Waals surface area contributed by atoms with Crippen LogP contribution in [0.25, 0.3) is 6.08 Å². The van der Waals surface area contributed by atoms with E-state index in [1.54, 1.807) is 12.1 Å². The average Bonchev–Trinajstić information content (AvgIpc) is 3.03. The minimum atomic E-state index is -2.33. The number of benzene rings is 2. The van der Waals surface area contributed by atoms with Crippen molar-refractivity contribution in [1.82, 2.24) is 0 Å². The maximum atomic E-state index is 14.2. The first kappa shape index (κ1) is 23.7. The minimum Gasteiger partial charge on any atom is -0.493 e. The lowest BCUT2D eigenvalue weighted by Gasteiger charge is -2.15. The molecule has 1 aliphatic heterocycles. The number of nitrogens with zero attached hydrogens (tertiary/aromatic N) is 2. The number of hydrogen-bond donors (Lipinski definition) is 0. The number of rotatable bonds is 6. The predicted molar refractivity (Wildman–Crippen MR) is 116 cm³/mol. The zero-order chi connectivity index (χ0) is 23.7. The van der Waals surface area contributed by atoms with E-state index in [4.69, 9.17) is 9.47 Å². The molecule has 2 aromatic rings. The lowest BCUT2D eigenvalue weighted by Crippen LogP contribution is -2.25. The van der Waals surface area contributed by atoms with Crippen LogP contribution in [-0.2, 0) is 4.79 Å². The van der Waals surface area contributed by atoms with Gasteiger partial charge in [0.2, 0.25) is 5.82 Å². The Balaban J connectivity index is 2.13. The van der Waals surface area contributed by atoms with E-state index in [0.29, 0.717) is 14.9 Å². The summed E-state index contributed by atoms with van der Waals surface area (Å²) in [6.07, 6.45) is 2.82. The molecule has 5 nitrogen and oxygen atoms in total. The Labute approximate surface area is 192 Å². The standard InChI is InChI=1S/C21H14F5IN2O3/c1-4-5-32-20-10(6-11(27)8-13(20)31-3)7-12-9(2)28-29(21(12)30)19-17(25)15(23)14(22)16(24)18(19)26/h4,6-8H,1,5H2,2-3H3/b12-7-. The summed E-state index contributed by atoms with van der Waals surface area (Å²) in [7, 11) is 1.42. The van der Waals surface area contributed by atoms with Gasteiger partial charge in [-0.1, -0.05) is 12.7 Å². The molecule has 0 N–H and O–H groups in total. The highest BCUT2D eigenvalue weighted by Crippen LogP contribution is 2.37. The number of carbonyl (C=O) groups excluding carboxylic acids is 1. The van der Waals surface area contributed by atoms with Crippen LogP contribution in [0.5, 0.6) is 11.5 Å². The first-order valence-electron chi connectivity index (χ1n) is 8.86. The molecule has 0 aromatic heterocycles. The molecule has 0 unspecified atom stereocenters. The summed E-state index contributed by atoms with van der Waals surface area (Å²) in [5.41, 5.74) is -1.24. The smallest absolute Gasteiger partial charge is 0.280 e. The zero-order valence-corrected chi connectivity index (χ0v) is 18.8. The van der Waals surface area contributed by atoms with Crippen molar-refractivity contribution in [2.24, 2.45) is 5.10 Å². The van der Waals surface area contributed by atoms with Gasteiger partial charge in [0.05, 0.1) is 18.4 Å². The maximum Gasteiger partial charge on any atom is 0.280 e. The minimum absolute atomic E-state index is 0.00793. The summed E-state index contributed by atoms with van der Waals surface area (Å²) in [6, 6.07) is 3.33. The van der Waals surface area contributed by atoms with Crippen molar-refractivity contribution in [3.63, 3.8) is 0 Å². The van der Waals surface area contributed by atoms with E-state index in [-0.39, 0.29) is 28.7 Å². The quantitative estimate of drug-likeness (QED) is 0.119. The molecule has 1 amide bonds. The van der Waals surface area contributed by atoms with Gasteiger partial charge >= 0.3 is 0 Å². The van der Waals surface area contributed by atoms with Crippen molar-refractivity contribution < 1.29 is 36.2 Å². The normalized spacial score (nSPS) is 14.8. The highest BCUT2D eigenvalue weighted by molar-refractivity contribution is 14.1. The van der Waals surface area contributed by atoms with Gasteiger partial charge in [0.15, 0.2) is 34.8 Å². The fourth-order valence-corrected chi connectivity index (χ4v) is 3.53. The molecule has 1 aliphatic rings. The molecule has 0 radical (unpaired) electrons. The van der Waals surface area contributed by atoms with Crippen LogP contribution >= 0.6 is 22.6 Å². The number of halogens is 6. The Morgan fingerprint density at radius 2 is 1.69 bits per heavy atom. The van der Waals surface area contributed by atoms with E-state index >= 15 is 0 Å². The third kappa shape index (κ3) is 4.08. The Kier molecular flexibility index (Phi) is 6.86. The molecule has 2 aromatic carbocycles. The van der Waals surface area contributed by atoms with Crippen LogP contribution in [0.4, 0.5) is 27.6 Å². The predicted octanol–water partition coefficient (Wildman–Crippen LogP) is 5.37. The number of hydrazone groups is 1. The van der Waals surface area contributed by atoms with Gasteiger partial charge in [0.1, 0.15) is 12.3 Å². The molecular weight excluding hydrogens is 550 g/mol. The van der Waals surface area contributed by atoms with Crippen LogP contribution in [0.2, 0.25) is 0 Å². The van der Waals surface area contributed by atoms with Crippen LogP contribution in [-0.4, -0.2) is 25.3 Å². The Hall–Kier alpha value is -2.96. The third-order valence-corrected chi connectivity index (χ3v) is 5.00. The van der Waals surface area contributed by atoms with Crippen LogP contribution in [0.15, 0.2) is 35.5 Å². The second-order valence-electron chi connectivity index (χ2n) is 6.40. The molecule has 0 saturated carbocycles. The number of ether oxygens (including phenoxy) is 2. The molecule has 3 rings (SSSR count). The van der Waals surface area contributed by atoms with E-state index in [1.807, 2.05) is 22.6 Å². The van der Waals surface area contributed by atoms with Crippen molar-refractivity contribution in [2.75, 3.05) is 18.7 Å². The second kappa shape index (κ2) is 9.27. The van der Waals surface area contributed by atoms with Crippen LogP contribution in [0.3, 0.4) is 0 Å². The van der Waals surface area contributed by atoms with E-state index in [2.05, 4.69) is 11.7 Å². The lowest BCUT2D eigenvalue weighted by atomic mass is 10.1. The van der Waals surface area contributed by atoms with Gasteiger partial charge in [-0.2, -0.15) is 10.1 Å². The monoisotopic (exact) mass is 564 g/mol. The number of anilines is 1. The molecular formula is C21H14F5IN2O3. The van der Waals surface area contributed by atoms with Gasteiger partial charge in [-0.05, 0) is 47.7 Å². The largest absolute Gasteiger partial charge is 0.493 e. The summed E-state index contributed by atoms with van der Waals surface area (Å²) in [5.74, 6) is -11.5. The summed E-state index contributed by atoms with van der Waals surface area (Å²) < 4.78 is 80.7. The molecule has 1 heterocycles. The first-order valence-corrected chi connectivity index (χ1v) is 9.94. The van der Waals surface area contributed by atoms with Crippen molar-refractivity contribution >= 4 is 46.0 Å². The molecule has 0 spiro atoms. The Morgan fingerprint density at radius 1 is 1.09 bits per heavy atom. The van der Waals surface area contributed by atoms with E-state index in [0.717, 1.165) is 0 Å². The van der Waals surface area contributed by atoms with Crippen LogP contribution in [0, 0.1) is 32.7 Å². The van der Waals surface area contributed by atoms with Crippen molar-refractivity contribution in [2.45, 2.75) is 6.92 Å². The Morgan fingerprint density at radius 3 is 2.25 bits per heavy atom. The molecule has 0 aliphatic carbocycles. The summed E-state index contributed by atoms with van der Waals surface area (Å²) in [5, 5.41) is 3.86. The number of amides is 1. The third-order valence-electron chi connectivity index (χ3n) is 4.37. The number of methoxy groups -OCH3 is 1. The maximum absolute atomic E-state index is 14.2. The van der Waals surface area contributed by atoms with E-state index in [9.17, 15) is 26.7 Å². The molecule has 0 atom stereocenters. The highest BCUT2D eigenvalue weighted by atomic mass is 127. The topological polar surface area (TPSA) is 51.1 Å². The van der Waals surface area contributed by atoms with Gasteiger partial charge in [-0.25, -0.2) is 22.0 Å². The van der Waals surface area contributed by atoms with Gasteiger partial charge in [0.25, 0.3) is 5.91 Å². The molecule has 168 valence electrons. The average molecular weight is 564 g/mol. The number of carbonyl (C=O) groups is 1. The zero-order valence-electron chi connectivity index (χ0n) is 16.6. The highest BCUT2D eigenvalue weighted by Gasteiger charge is 2.37. The molecule has 0 fully saturated rings. The molecule has 11 heteroatoms. The molecule has 0 saturated heterocycles. The van der Waals surface area contributed by atoms with Gasteiger partial charge in [0, 0.05) is 9.13 Å². The molecule has 0 bridgehead atoms. The summed E-state index contributed by atoms with van der Waals surface area (Å²) >= 11 is 2.01. The molecule has 32 heavy (non-hydrogen) atoms. The van der Waals surface area contributed by atoms with E-state index in [1.165, 1.54) is 26.2 Å². The fourth-order valence-electron chi connectivity index (χ4n) is 2.91.